The number of nitrogens with one attached hydrogen (secondary N) is 1. The van der Waals surface area contributed by atoms with Crippen LogP contribution in [-0.2, 0) is 14.3 Å². The minimum absolute atomic E-state index is 0.178. The fourth-order valence-electron chi connectivity index (χ4n) is 4.31. The number of aromatic nitrogens is 1. The summed E-state index contributed by atoms with van der Waals surface area (Å²) in [6.07, 6.45) is 0. The first-order valence-corrected chi connectivity index (χ1v) is 12.0. The Morgan fingerprint density at radius 2 is 1.94 bits per heavy atom. The van der Waals surface area contributed by atoms with Crippen molar-refractivity contribution in [3.63, 3.8) is 0 Å². The number of carbonyl (C=O) groups excluding carboxylic acids is 2. The number of ether oxygens (including phenoxy) is 2. The van der Waals surface area contributed by atoms with E-state index in [1.807, 2.05) is 0 Å². The summed E-state index contributed by atoms with van der Waals surface area (Å²) in [4.78, 5) is 44.7. The molecule has 1 N–H and O–H groups in total. The summed E-state index contributed by atoms with van der Waals surface area (Å²) < 4.78 is 12.2. The number of carbonyl (C=O) groups is 2. The molecule has 8 nitrogen and oxygen atoms in total. The van der Waals surface area contributed by atoms with E-state index >= 15 is 0 Å². The normalized spacial score (nSPS) is 17.9. The van der Waals surface area contributed by atoms with Crippen LogP contribution in [0, 0.1) is 0 Å². The number of hydrogen-bond acceptors (Lipinski definition) is 7. The summed E-state index contributed by atoms with van der Waals surface area (Å²) in [5.41, 5.74) is 2.33. The second-order valence-electron chi connectivity index (χ2n) is 7.92. The molecule has 0 spiro atoms. The smallest absolute Gasteiger partial charge is 0.338 e. The zero-order valence-electron chi connectivity index (χ0n) is 19.0. The maximum absolute atomic E-state index is 13.9. The number of fused-ring (bicyclic) bond motifs is 2. The molecule has 3 aromatic rings. The van der Waals surface area contributed by atoms with Gasteiger partial charge in [-0.25, -0.2) is 9.79 Å². The number of halogens is 1. The summed E-state index contributed by atoms with van der Waals surface area (Å²) in [5, 5.41) is 3.23. The van der Waals surface area contributed by atoms with E-state index < -0.39 is 23.5 Å². The van der Waals surface area contributed by atoms with Crippen LogP contribution in [-0.4, -0.2) is 30.2 Å². The molecule has 178 valence electrons. The molecule has 0 fully saturated rings. The Morgan fingerprint density at radius 3 is 2.63 bits per heavy atom. The van der Waals surface area contributed by atoms with Crippen molar-refractivity contribution in [2.24, 2.45) is 4.99 Å². The van der Waals surface area contributed by atoms with E-state index in [2.05, 4.69) is 10.3 Å². The Bertz CT molecular complexity index is 1600. The Labute approximate surface area is 208 Å². The third kappa shape index (κ3) is 3.77. The van der Waals surface area contributed by atoms with Gasteiger partial charge in [0.15, 0.2) is 4.80 Å². The number of benzene rings is 2. The number of allylic oxidation sites excluding steroid dienone is 1. The molecule has 1 atom stereocenters. The highest BCUT2D eigenvalue weighted by atomic mass is 35.5. The van der Waals surface area contributed by atoms with E-state index in [4.69, 9.17) is 21.1 Å². The molecular weight excluding hydrogens is 490 g/mol. The molecule has 0 bridgehead atoms. The molecule has 35 heavy (non-hydrogen) atoms. The van der Waals surface area contributed by atoms with Crippen LogP contribution in [0.4, 0.5) is 5.69 Å². The summed E-state index contributed by atoms with van der Waals surface area (Å²) in [6, 6.07) is 11.3. The Hall–Kier alpha value is -3.69. The van der Waals surface area contributed by atoms with Crippen molar-refractivity contribution < 1.29 is 19.1 Å². The Morgan fingerprint density at radius 1 is 1.20 bits per heavy atom. The molecular formula is C25H20ClN3O5S. The highest BCUT2D eigenvalue weighted by Crippen LogP contribution is 2.34. The third-order valence-electron chi connectivity index (χ3n) is 5.88. The van der Waals surface area contributed by atoms with E-state index in [-0.39, 0.29) is 22.3 Å². The van der Waals surface area contributed by atoms with Crippen LogP contribution in [0.2, 0.25) is 5.02 Å². The number of amides is 1. The molecule has 0 aliphatic carbocycles. The van der Waals surface area contributed by atoms with Gasteiger partial charge in [0, 0.05) is 16.3 Å². The summed E-state index contributed by atoms with van der Waals surface area (Å²) in [6.45, 7) is 3.60. The average Bonchev–Trinajstić information content (AvgIpc) is 3.33. The maximum Gasteiger partial charge on any atom is 0.338 e. The number of thiazole rings is 1. The van der Waals surface area contributed by atoms with Crippen LogP contribution >= 0.6 is 22.9 Å². The first kappa shape index (κ1) is 23.1. The first-order chi connectivity index (χ1) is 16.8. The fraction of sp³-hybridized carbons (Fsp3) is 0.200. The molecule has 3 heterocycles. The monoisotopic (exact) mass is 509 g/mol. The molecule has 0 radical (unpaired) electrons. The van der Waals surface area contributed by atoms with Crippen molar-refractivity contribution in [1.82, 2.24) is 4.57 Å². The van der Waals surface area contributed by atoms with E-state index in [0.29, 0.717) is 38.1 Å². The van der Waals surface area contributed by atoms with Gasteiger partial charge in [-0.3, -0.25) is 14.2 Å². The maximum atomic E-state index is 13.9. The van der Waals surface area contributed by atoms with Crippen LogP contribution in [0.1, 0.15) is 31.0 Å². The van der Waals surface area contributed by atoms with E-state index in [1.165, 1.54) is 4.57 Å². The van der Waals surface area contributed by atoms with Gasteiger partial charge in [0.1, 0.15) is 10.3 Å². The van der Waals surface area contributed by atoms with Crippen molar-refractivity contribution in [2.45, 2.75) is 19.9 Å². The molecule has 2 aliphatic heterocycles. The highest BCUT2D eigenvalue weighted by Gasteiger charge is 2.35. The standard InChI is InChI=1S/C25H20ClN3O5S/c1-4-34-24(32)18-12(2)27-25-29(20(18)13-5-8-15(33-3)9-6-13)23(31)21(35-25)19-16-11-14(26)7-10-17(16)28-22(19)30/h5-11,20H,4H2,1-3H3,(H,28,30)/b21-19-/t20-/m0/s1. The van der Waals surface area contributed by atoms with Gasteiger partial charge in [-0.1, -0.05) is 35.1 Å². The molecule has 2 aliphatic rings. The number of nitrogens with zero attached hydrogens (tertiary/aromatic N) is 2. The van der Waals surface area contributed by atoms with Gasteiger partial charge in [0.2, 0.25) is 0 Å². The van der Waals surface area contributed by atoms with Gasteiger partial charge < -0.3 is 14.8 Å². The van der Waals surface area contributed by atoms with E-state index in [9.17, 15) is 14.4 Å². The number of methoxy groups -OCH3 is 1. The third-order valence-corrected chi connectivity index (χ3v) is 7.17. The van der Waals surface area contributed by atoms with Crippen molar-refractivity contribution in [2.75, 3.05) is 19.0 Å². The number of anilines is 1. The van der Waals surface area contributed by atoms with Crippen LogP contribution in [0.15, 0.2) is 63.5 Å². The average molecular weight is 510 g/mol. The van der Waals surface area contributed by atoms with Crippen LogP contribution in [0.3, 0.4) is 0 Å². The van der Waals surface area contributed by atoms with Crippen molar-refractivity contribution in [3.8, 4) is 5.75 Å². The Balaban J connectivity index is 1.81. The lowest BCUT2D eigenvalue weighted by atomic mass is 9.96. The van der Waals surface area contributed by atoms with Crippen molar-refractivity contribution >= 4 is 46.1 Å². The largest absolute Gasteiger partial charge is 0.497 e. The fourth-order valence-corrected chi connectivity index (χ4v) is 5.62. The van der Waals surface area contributed by atoms with E-state index in [0.717, 1.165) is 11.3 Å². The number of esters is 1. The quantitative estimate of drug-likeness (QED) is 0.545. The van der Waals surface area contributed by atoms with Gasteiger partial charge >= 0.3 is 5.97 Å². The molecule has 1 amide bonds. The molecule has 5 rings (SSSR count). The summed E-state index contributed by atoms with van der Waals surface area (Å²) in [5.74, 6) is -0.309. The Kier molecular flexibility index (Phi) is 5.82. The molecule has 0 saturated carbocycles. The number of rotatable bonds is 4. The predicted molar refractivity (Wildman–Crippen MR) is 132 cm³/mol. The molecule has 1 aromatic heterocycles. The molecule has 2 aromatic carbocycles. The summed E-state index contributed by atoms with van der Waals surface area (Å²) in [7, 11) is 1.56. The lowest BCUT2D eigenvalue weighted by molar-refractivity contribution is -0.139. The van der Waals surface area contributed by atoms with Gasteiger partial charge in [0.05, 0.1) is 36.6 Å². The van der Waals surface area contributed by atoms with Gasteiger partial charge in [-0.05, 0) is 49.7 Å². The second-order valence-corrected chi connectivity index (χ2v) is 9.33. The van der Waals surface area contributed by atoms with Gasteiger partial charge in [0.25, 0.3) is 11.5 Å². The molecule has 10 heteroatoms. The first-order valence-electron chi connectivity index (χ1n) is 10.8. The predicted octanol–water partition coefficient (Wildman–Crippen LogP) is 2.78. The zero-order chi connectivity index (χ0) is 24.9. The highest BCUT2D eigenvalue weighted by molar-refractivity contribution is 7.07. The molecule has 0 saturated heterocycles. The van der Waals surface area contributed by atoms with Crippen LogP contribution < -0.4 is 24.9 Å². The second kappa shape index (κ2) is 8.83. The minimum Gasteiger partial charge on any atom is -0.497 e. The van der Waals surface area contributed by atoms with Crippen LogP contribution in [0.25, 0.3) is 5.57 Å². The van der Waals surface area contributed by atoms with Gasteiger partial charge in [-0.15, -0.1) is 0 Å². The van der Waals surface area contributed by atoms with Crippen LogP contribution in [0.5, 0.6) is 5.75 Å². The SMILES string of the molecule is CCOC(=O)C1=C(C)N=c2s/c(=C3\C(=O)Nc4ccc(Cl)cc43)c(=O)n2[C@H]1c1ccc(OC)cc1. The lowest BCUT2D eigenvalue weighted by Gasteiger charge is -2.24. The summed E-state index contributed by atoms with van der Waals surface area (Å²) >= 11 is 7.28. The van der Waals surface area contributed by atoms with Crippen molar-refractivity contribution in [3.05, 3.63) is 89.6 Å². The minimum atomic E-state index is -0.783. The number of hydrogen-bond donors (Lipinski definition) is 1. The molecule has 0 unspecified atom stereocenters. The van der Waals surface area contributed by atoms with Crippen molar-refractivity contribution in [1.29, 1.82) is 0 Å². The lowest BCUT2D eigenvalue weighted by Crippen LogP contribution is -2.40. The van der Waals surface area contributed by atoms with E-state index in [1.54, 1.807) is 63.4 Å². The topological polar surface area (TPSA) is 99.0 Å². The van der Waals surface area contributed by atoms with Gasteiger partial charge in [-0.2, -0.15) is 0 Å². The zero-order valence-corrected chi connectivity index (χ0v) is 20.6.